The van der Waals surface area contributed by atoms with Gasteiger partial charge in [-0.1, -0.05) is 36.9 Å². The third-order valence-corrected chi connectivity index (χ3v) is 3.92. The standard InChI is InChI=1S/C18H21NO3S/c1-3-23-18(20)19(2)13-14-21-15-9-11-17(12-10-15)22-16-7-5-4-6-8-16/h4-12H,3,13-14H2,1-2H3. The van der Waals surface area contributed by atoms with Crippen LogP contribution in [0.4, 0.5) is 4.79 Å². The van der Waals surface area contributed by atoms with Crippen molar-refractivity contribution in [3.8, 4) is 17.2 Å². The topological polar surface area (TPSA) is 38.8 Å². The Morgan fingerprint density at radius 1 is 1.00 bits per heavy atom. The van der Waals surface area contributed by atoms with Gasteiger partial charge >= 0.3 is 0 Å². The fourth-order valence-corrected chi connectivity index (χ4v) is 2.41. The number of hydrogen-bond acceptors (Lipinski definition) is 4. The molecule has 5 heteroatoms. The van der Waals surface area contributed by atoms with Gasteiger partial charge in [-0.15, -0.1) is 0 Å². The molecule has 0 spiro atoms. The van der Waals surface area contributed by atoms with Crippen molar-refractivity contribution in [1.29, 1.82) is 0 Å². The normalized spacial score (nSPS) is 10.2. The van der Waals surface area contributed by atoms with Crippen molar-refractivity contribution in [2.24, 2.45) is 0 Å². The summed E-state index contributed by atoms with van der Waals surface area (Å²) >= 11 is 1.30. The van der Waals surface area contributed by atoms with Crippen molar-refractivity contribution in [3.05, 3.63) is 54.6 Å². The average molecular weight is 331 g/mol. The molecule has 0 fully saturated rings. The second-order valence-corrected chi connectivity index (χ2v) is 6.07. The molecule has 2 rings (SSSR count). The molecule has 2 aromatic carbocycles. The summed E-state index contributed by atoms with van der Waals surface area (Å²) in [5.74, 6) is 3.10. The van der Waals surface area contributed by atoms with Crippen LogP contribution in [0.5, 0.6) is 17.2 Å². The third-order valence-electron chi connectivity index (χ3n) is 3.08. The largest absolute Gasteiger partial charge is 0.492 e. The summed E-state index contributed by atoms with van der Waals surface area (Å²) in [6.45, 7) is 2.99. The summed E-state index contributed by atoms with van der Waals surface area (Å²) in [5.41, 5.74) is 0. The fraction of sp³-hybridized carbons (Fsp3) is 0.278. The van der Waals surface area contributed by atoms with Crippen molar-refractivity contribution in [2.75, 3.05) is 26.0 Å². The number of hydrogen-bond donors (Lipinski definition) is 0. The van der Waals surface area contributed by atoms with Crippen LogP contribution >= 0.6 is 11.8 Å². The van der Waals surface area contributed by atoms with Gasteiger partial charge in [0, 0.05) is 7.05 Å². The first kappa shape index (κ1) is 17.2. The molecule has 0 N–H and O–H groups in total. The Morgan fingerprint density at radius 3 is 2.26 bits per heavy atom. The maximum absolute atomic E-state index is 11.6. The number of amides is 1. The van der Waals surface area contributed by atoms with E-state index >= 15 is 0 Å². The lowest BCUT2D eigenvalue weighted by Gasteiger charge is -2.16. The van der Waals surface area contributed by atoms with Gasteiger partial charge in [-0.2, -0.15) is 0 Å². The van der Waals surface area contributed by atoms with Crippen LogP contribution in [-0.4, -0.2) is 36.1 Å². The average Bonchev–Trinajstić information content (AvgIpc) is 2.57. The summed E-state index contributed by atoms with van der Waals surface area (Å²) in [4.78, 5) is 13.3. The molecule has 0 unspecified atom stereocenters. The van der Waals surface area contributed by atoms with Crippen LogP contribution in [0, 0.1) is 0 Å². The van der Waals surface area contributed by atoms with E-state index in [1.54, 1.807) is 11.9 Å². The van der Waals surface area contributed by atoms with Crippen LogP contribution in [0.2, 0.25) is 0 Å². The molecule has 1 amide bonds. The molecule has 23 heavy (non-hydrogen) atoms. The van der Waals surface area contributed by atoms with Crippen LogP contribution in [0.1, 0.15) is 6.92 Å². The Balaban J connectivity index is 1.78. The second-order valence-electron chi connectivity index (χ2n) is 4.86. The Morgan fingerprint density at radius 2 is 1.61 bits per heavy atom. The number of carbonyl (C=O) groups is 1. The number of likely N-dealkylation sites (N-methyl/N-ethyl adjacent to an activating group) is 1. The Kier molecular flexibility index (Phi) is 6.81. The highest BCUT2D eigenvalue weighted by Crippen LogP contribution is 2.23. The molecule has 0 radical (unpaired) electrons. The van der Waals surface area contributed by atoms with Crippen molar-refractivity contribution in [2.45, 2.75) is 6.92 Å². The summed E-state index contributed by atoms with van der Waals surface area (Å²) in [6, 6.07) is 17.1. The zero-order chi connectivity index (χ0) is 16.5. The van der Waals surface area contributed by atoms with E-state index in [0.717, 1.165) is 23.0 Å². The lowest BCUT2D eigenvalue weighted by molar-refractivity contribution is 0.217. The van der Waals surface area contributed by atoms with Crippen molar-refractivity contribution in [1.82, 2.24) is 4.90 Å². The fourth-order valence-electron chi connectivity index (χ4n) is 1.85. The van der Waals surface area contributed by atoms with Gasteiger partial charge in [0.2, 0.25) is 0 Å². The van der Waals surface area contributed by atoms with Gasteiger partial charge in [0.25, 0.3) is 5.24 Å². The summed E-state index contributed by atoms with van der Waals surface area (Å²) < 4.78 is 11.4. The van der Waals surface area contributed by atoms with Gasteiger partial charge < -0.3 is 14.4 Å². The van der Waals surface area contributed by atoms with E-state index < -0.39 is 0 Å². The van der Waals surface area contributed by atoms with E-state index in [4.69, 9.17) is 9.47 Å². The van der Waals surface area contributed by atoms with Gasteiger partial charge in [-0.05, 0) is 42.2 Å². The molecular formula is C18H21NO3S. The predicted molar refractivity (Wildman–Crippen MR) is 94.6 cm³/mol. The number of carbonyl (C=O) groups excluding carboxylic acids is 1. The maximum atomic E-state index is 11.6. The van der Waals surface area contributed by atoms with Gasteiger partial charge in [-0.3, -0.25) is 4.79 Å². The highest BCUT2D eigenvalue weighted by molar-refractivity contribution is 8.13. The van der Waals surface area contributed by atoms with Crippen LogP contribution in [0.3, 0.4) is 0 Å². The number of ether oxygens (including phenoxy) is 2. The van der Waals surface area contributed by atoms with Crippen LogP contribution in [-0.2, 0) is 0 Å². The first-order valence-electron chi connectivity index (χ1n) is 7.52. The molecule has 0 saturated heterocycles. The summed E-state index contributed by atoms with van der Waals surface area (Å²) in [5, 5.41) is 0.0720. The highest BCUT2D eigenvalue weighted by Gasteiger charge is 2.07. The minimum Gasteiger partial charge on any atom is -0.492 e. The Labute approximate surface area is 141 Å². The second kappa shape index (κ2) is 9.10. The molecule has 2 aromatic rings. The summed E-state index contributed by atoms with van der Waals surface area (Å²) in [7, 11) is 1.78. The van der Waals surface area contributed by atoms with E-state index in [0.29, 0.717) is 13.2 Å². The van der Waals surface area contributed by atoms with Crippen LogP contribution in [0.15, 0.2) is 54.6 Å². The van der Waals surface area contributed by atoms with E-state index in [-0.39, 0.29) is 5.24 Å². The lowest BCUT2D eigenvalue weighted by Crippen LogP contribution is -2.27. The molecule has 4 nitrogen and oxygen atoms in total. The molecule has 0 aliphatic carbocycles. The maximum Gasteiger partial charge on any atom is 0.281 e. The van der Waals surface area contributed by atoms with Crippen molar-refractivity contribution >= 4 is 17.0 Å². The van der Waals surface area contributed by atoms with Gasteiger partial charge in [0.1, 0.15) is 23.9 Å². The minimum absolute atomic E-state index is 0.0720. The molecule has 0 aliphatic heterocycles. The van der Waals surface area contributed by atoms with Gasteiger partial charge in [0.15, 0.2) is 0 Å². The molecule has 0 heterocycles. The SMILES string of the molecule is CCSC(=O)N(C)CCOc1ccc(Oc2ccccc2)cc1. The monoisotopic (exact) mass is 331 g/mol. The van der Waals surface area contributed by atoms with Crippen LogP contribution < -0.4 is 9.47 Å². The molecule has 0 saturated carbocycles. The number of benzene rings is 2. The third kappa shape index (κ3) is 5.87. The first-order chi connectivity index (χ1) is 11.2. The molecule has 0 bridgehead atoms. The molecule has 0 aromatic heterocycles. The molecule has 122 valence electrons. The zero-order valence-electron chi connectivity index (χ0n) is 13.4. The lowest BCUT2D eigenvalue weighted by atomic mass is 10.3. The van der Waals surface area contributed by atoms with Crippen molar-refractivity contribution < 1.29 is 14.3 Å². The quantitative estimate of drug-likeness (QED) is 0.739. The predicted octanol–water partition coefficient (Wildman–Crippen LogP) is 4.66. The van der Waals surface area contributed by atoms with Gasteiger partial charge in [0.05, 0.1) is 6.54 Å². The molecule has 0 atom stereocenters. The number of para-hydroxylation sites is 1. The molecular weight excluding hydrogens is 310 g/mol. The first-order valence-corrected chi connectivity index (χ1v) is 8.51. The highest BCUT2D eigenvalue weighted by atomic mass is 32.2. The van der Waals surface area contributed by atoms with E-state index in [2.05, 4.69) is 0 Å². The summed E-state index contributed by atoms with van der Waals surface area (Å²) in [6.07, 6.45) is 0. The minimum atomic E-state index is 0.0720. The Hall–Kier alpha value is -2.14. The number of nitrogens with zero attached hydrogens (tertiary/aromatic N) is 1. The number of thioether (sulfide) groups is 1. The zero-order valence-corrected chi connectivity index (χ0v) is 14.2. The van der Waals surface area contributed by atoms with E-state index in [9.17, 15) is 4.79 Å². The van der Waals surface area contributed by atoms with E-state index in [1.165, 1.54) is 11.8 Å². The Bertz CT molecular complexity index is 601. The van der Waals surface area contributed by atoms with Gasteiger partial charge in [-0.25, -0.2) is 0 Å². The van der Waals surface area contributed by atoms with Crippen LogP contribution in [0.25, 0.3) is 0 Å². The number of rotatable bonds is 7. The molecule has 0 aliphatic rings. The van der Waals surface area contributed by atoms with E-state index in [1.807, 2.05) is 61.5 Å². The smallest absolute Gasteiger partial charge is 0.281 e. The van der Waals surface area contributed by atoms with Crippen molar-refractivity contribution in [3.63, 3.8) is 0 Å².